The van der Waals surface area contributed by atoms with Gasteiger partial charge in [-0.2, -0.15) is 0 Å². The van der Waals surface area contributed by atoms with E-state index in [1.807, 2.05) is 0 Å². The predicted octanol–water partition coefficient (Wildman–Crippen LogP) is 0.843. The van der Waals surface area contributed by atoms with E-state index in [2.05, 4.69) is 14.4 Å². The maximum Gasteiger partial charge on any atom is 0.310 e. The van der Waals surface area contributed by atoms with Crippen molar-refractivity contribution >= 4 is 16.0 Å². The molecule has 6 nitrogen and oxygen atoms in total. The largest absolute Gasteiger partial charge is 0.469 e. The Bertz CT molecular complexity index is 559. The molecule has 1 saturated carbocycles. The van der Waals surface area contributed by atoms with Crippen molar-refractivity contribution in [3.8, 4) is 0 Å². The van der Waals surface area contributed by atoms with Gasteiger partial charge in [0.25, 0.3) is 0 Å². The molecule has 2 atom stereocenters. The van der Waals surface area contributed by atoms with Crippen LogP contribution in [0.2, 0.25) is 0 Å². The minimum atomic E-state index is -3.54. The Balaban J connectivity index is 2.04. The van der Waals surface area contributed by atoms with Crippen molar-refractivity contribution in [2.45, 2.75) is 31.1 Å². The number of esters is 1. The van der Waals surface area contributed by atoms with Crippen LogP contribution in [0.25, 0.3) is 0 Å². The highest BCUT2D eigenvalue weighted by Gasteiger charge is 2.41. The van der Waals surface area contributed by atoms with Crippen LogP contribution in [0.3, 0.4) is 0 Å². The molecule has 2 rings (SSSR count). The Morgan fingerprint density at radius 1 is 1.50 bits per heavy atom. The normalized spacial score (nSPS) is 22.6. The van der Waals surface area contributed by atoms with Crippen LogP contribution >= 0.6 is 0 Å². The molecule has 0 bridgehead atoms. The molecule has 1 fully saturated rings. The summed E-state index contributed by atoms with van der Waals surface area (Å²) in [5.41, 5.74) is 0.781. The number of hydrogen-bond acceptors (Lipinski definition) is 5. The Morgan fingerprint density at radius 3 is 2.95 bits per heavy atom. The van der Waals surface area contributed by atoms with Crippen LogP contribution in [0, 0.1) is 5.92 Å². The third-order valence-corrected chi connectivity index (χ3v) is 5.46. The molecule has 0 aliphatic heterocycles. The fourth-order valence-corrected chi connectivity index (χ4v) is 4.25. The summed E-state index contributed by atoms with van der Waals surface area (Å²) in [6, 6.07) is 3.54. The molecule has 0 aromatic carbocycles. The van der Waals surface area contributed by atoms with Gasteiger partial charge in [-0.3, -0.25) is 9.78 Å². The molecule has 1 aliphatic rings. The summed E-state index contributed by atoms with van der Waals surface area (Å²) in [5.74, 6) is -1.01. The van der Waals surface area contributed by atoms with Crippen LogP contribution in [0.15, 0.2) is 24.5 Å². The van der Waals surface area contributed by atoms with Gasteiger partial charge in [0.05, 0.1) is 18.3 Å². The van der Waals surface area contributed by atoms with E-state index >= 15 is 0 Å². The second kappa shape index (κ2) is 6.32. The summed E-state index contributed by atoms with van der Waals surface area (Å²) < 4.78 is 31.8. The van der Waals surface area contributed by atoms with Crippen molar-refractivity contribution in [1.29, 1.82) is 0 Å². The van der Waals surface area contributed by atoms with Crippen molar-refractivity contribution in [3.63, 3.8) is 0 Å². The van der Waals surface area contributed by atoms with Gasteiger partial charge < -0.3 is 4.74 Å². The summed E-state index contributed by atoms with van der Waals surface area (Å²) in [4.78, 5) is 15.6. The fourth-order valence-electron chi connectivity index (χ4n) is 2.51. The zero-order chi connectivity index (χ0) is 14.6. The fraction of sp³-hybridized carbons (Fsp3) is 0.538. The van der Waals surface area contributed by atoms with E-state index in [4.69, 9.17) is 0 Å². The lowest BCUT2D eigenvalue weighted by Gasteiger charge is -2.18. The number of nitrogens with one attached hydrogen (secondary N) is 1. The molecule has 7 heteroatoms. The highest BCUT2D eigenvalue weighted by atomic mass is 32.2. The molecule has 1 aromatic heterocycles. The third kappa shape index (κ3) is 3.34. The highest BCUT2D eigenvalue weighted by Crippen LogP contribution is 2.31. The first-order valence-corrected chi connectivity index (χ1v) is 8.04. The van der Waals surface area contributed by atoms with Crippen LogP contribution < -0.4 is 4.72 Å². The Kier molecular flexibility index (Phi) is 4.72. The van der Waals surface area contributed by atoms with E-state index in [0.717, 1.165) is 12.0 Å². The van der Waals surface area contributed by atoms with E-state index in [1.165, 1.54) is 7.11 Å². The number of carbonyl (C=O) groups is 1. The summed E-state index contributed by atoms with van der Waals surface area (Å²) in [6.07, 6.45) is 5.00. The van der Waals surface area contributed by atoms with E-state index in [1.54, 1.807) is 24.5 Å². The molecule has 110 valence electrons. The first kappa shape index (κ1) is 14.9. The van der Waals surface area contributed by atoms with Gasteiger partial charge in [-0.05, 0) is 24.5 Å². The van der Waals surface area contributed by atoms with Gasteiger partial charge >= 0.3 is 5.97 Å². The monoisotopic (exact) mass is 298 g/mol. The number of carbonyl (C=O) groups excluding carboxylic acids is 1. The van der Waals surface area contributed by atoms with E-state index in [-0.39, 0.29) is 6.54 Å². The second-order valence-corrected chi connectivity index (χ2v) is 6.81. The molecule has 1 aliphatic carbocycles. The van der Waals surface area contributed by atoms with Crippen molar-refractivity contribution in [2.24, 2.45) is 5.92 Å². The zero-order valence-electron chi connectivity index (χ0n) is 11.3. The number of nitrogens with zero attached hydrogens (tertiary/aromatic N) is 1. The number of rotatable bonds is 5. The van der Waals surface area contributed by atoms with Gasteiger partial charge in [-0.15, -0.1) is 0 Å². The summed E-state index contributed by atoms with van der Waals surface area (Å²) in [6.45, 7) is 0.181. The minimum absolute atomic E-state index is 0.181. The topological polar surface area (TPSA) is 85.4 Å². The van der Waals surface area contributed by atoms with Crippen LogP contribution in [0.1, 0.15) is 24.8 Å². The molecule has 0 spiro atoms. The maximum atomic E-state index is 12.3. The van der Waals surface area contributed by atoms with Gasteiger partial charge in [0.15, 0.2) is 0 Å². The van der Waals surface area contributed by atoms with Crippen molar-refractivity contribution in [3.05, 3.63) is 30.1 Å². The first-order valence-electron chi connectivity index (χ1n) is 6.50. The lowest BCUT2D eigenvalue weighted by atomic mass is 10.1. The second-order valence-electron chi connectivity index (χ2n) is 4.83. The number of sulfonamides is 1. The predicted molar refractivity (Wildman–Crippen MR) is 73.1 cm³/mol. The highest BCUT2D eigenvalue weighted by molar-refractivity contribution is 7.90. The number of ether oxygens (including phenoxy) is 1. The molecule has 20 heavy (non-hydrogen) atoms. The first-order chi connectivity index (χ1) is 9.54. The van der Waals surface area contributed by atoms with E-state index in [9.17, 15) is 13.2 Å². The smallest absolute Gasteiger partial charge is 0.310 e. The molecule has 1 N–H and O–H groups in total. The SMILES string of the molecule is COC(=O)C1CCCC1S(=O)(=O)NCc1cccnc1. The summed E-state index contributed by atoms with van der Waals surface area (Å²) in [7, 11) is -2.26. The van der Waals surface area contributed by atoms with Gasteiger partial charge in [0, 0.05) is 18.9 Å². The lowest BCUT2D eigenvalue weighted by Crippen LogP contribution is -2.39. The Hall–Kier alpha value is -1.47. The van der Waals surface area contributed by atoms with Gasteiger partial charge in [0.1, 0.15) is 0 Å². The summed E-state index contributed by atoms with van der Waals surface area (Å²) in [5, 5.41) is -0.702. The van der Waals surface area contributed by atoms with Crippen LogP contribution in [0.4, 0.5) is 0 Å². The number of hydrogen-bond donors (Lipinski definition) is 1. The molecule has 0 radical (unpaired) electrons. The van der Waals surface area contributed by atoms with Gasteiger partial charge in [0.2, 0.25) is 10.0 Å². The average molecular weight is 298 g/mol. The molecule has 1 heterocycles. The van der Waals surface area contributed by atoms with Gasteiger partial charge in [-0.25, -0.2) is 13.1 Å². The molecule has 0 amide bonds. The molecule has 1 aromatic rings. The Labute approximate surface area is 118 Å². The molecule has 0 saturated heterocycles. The van der Waals surface area contributed by atoms with Crippen molar-refractivity contribution in [1.82, 2.24) is 9.71 Å². The minimum Gasteiger partial charge on any atom is -0.469 e. The van der Waals surface area contributed by atoms with Crippen LogP contribution in [0.5, 0.6) is 0 Å². The summed E-state index contributed by atoms with van der Waals surface area (Å²) >= 11 is 0. The molecular formula is C13H18N2O4S. The van der Waals surface area contributed by atoms with Crippen LogP contribution in [-0.4, -0.2) is 31.7 Å². The number of pyridine rings is 1. The maximum absolute atomic E-state index is 12.3. The van der Waals surface area contributed by atoms with Crippen LogP contribution in [-0.2, 0) is 26.1 Å². The molecular weight excluding hydrogens is 280 g/mol. The zero-order valence-corrected chi connectivity index (χ0v) is 12.1. The quantitative estimate of drug-likeness (QED) is 0.814. The number of aromatic nitrogens is 1. The van der Waals surface area contributed by atoms with Gasteiger partial charge in [-0.1, -0.05) is 12.5 Å². The van der Waals surface area contributed by atoms with E-state index < -0.39 is 27.2 Å². The third-order valence-electron chi connectivity index (χ3n) is 3.56. The number of methoxy groups -OCH3 is 1. The van der Waals surface area contributed by atoms with Crippen molar-refractivity contribution in [2.75, 3.05) is 7.11 Å². The lowest BCUT2D eigenvalue weighted by molar-refractivity contribution is -0.145. The van der Waals surface area contributed by atoms with Crippen molar-refractivity contribution < 1.29 is 17.9 Å². The van der Waals surface area contributed by atoms with E-state index in [0.29, 0.717) is 12.8 Å². The Morgan fingerprint density at radius 2 is 2.30 bits per heavy atom. The standard InChI is InChI=1S/C13H18N2O4S/c1-19-13(16)11-5-2-6-12(11)20(17,18)15-9-10-4-3-7-14-8-10/h3-4,7-8,11-12,15H,2,5-6,9H2,1H3. The average Bonchev–Trinajstić information content (AvgIpc) is 2.96. The molecule has 2 unspecified atom stereocenters.